The maximum absolute atomic E-state index is 10.5. The molecule has 3 rings (SSSR count). The van der Waals surface area contributed by atoms with Crippen molar-refractivity contribution in [2.24, 2.45) is 0 Å². The van der Waals surface area contributed by atoms with Crippen LogP contribution < -0.4 is 5.32 Å². The normalized spacial score (nSPS) is 12.8. The van der Waals surface area contributed by atoms with Crippen molar-refractivity contribution in [3.63, 3.8) is 0 Å². The molecule has 1 aliphatic carbocycles. The summed E-state index contributed by atoms with van der Waals surface area (Å²) >= 11 is 0. The number of aromatic nitrogens is 3. The van der Waals surface area contributed by atoms with Crippen molar-refractivity contribution in [3.05, 3.63) is 41.0 Å². The standard InChI is InChI=1S/C11H15N3O2.C9H13N.C3H9N/c15-7-2-5-10-12-13-11(6-8-16)14(10)9-3-1-4-9;1-7-5-4-6-9(10-3)8(7)2;1-4(2)3/h7-9H,1-6H2;4-6,10H,1-3H3;1-3H3. The Morgan fingerprint density at radius 2 is 1.73 bits per heavy atom. The van der Waals surface area contributed by atoms with Gasteiger partial charge in [0.05, 0.1) is 6.42 Å². The van der Waals surface area contributed by atoms with E-state index in [0.717, 1.165) is 37.1 Å². The summed E-state index contributed by atoms with van der Waals surface area (Å²) in [6.07, 6.45) is 6.59. The summed E-state index contributed by atoms with van der Waals surface area (Å²) < 4.78 is 2.06. The summed E-state index contributed by atoms with van der Waals surface area (Å²) in [5.41, 5.74) is 3.90. The Morgan fingerprint density at radius 1 is 1.10 bits per heavy atom. The number of nitrogens with zero attached hydrogens (tertiary/aromatic N) is 4. The predicted octanol–water partition coefficient (Wildman–Crippen LogP) is 3.40. The number of aldehydes is 2. The minimum atomic E-state index is 0.310. The highest BCUT2D eigenvalue weighted by Crippen LogP contribution is 2.33. The van der Waals surface area contributed by atoms with Gasteiger partial charge >= 0.3 is 0 Å². The largest absolute Gasteiger partial charge is 0.388 e. The molecule has 7 nitrogen and oxygen atoms in total. The summed E-state index contributed by atoms with van der Waals surface area (Å²) in [5, 5.41) is 11.2. The molecule has 1 aliphatic rings. The Bertz CT molecular complexity index is 779. The molecule has 0 spiro atoms. The van der Waals surface area contributed by atoms with Gasteiger partial charge in [-0.3, -0.25) is 0 Å². The highest BCUT2D eigenvalue weighted by molar-refractivity contribution is 5.53. The van der Waals surface area contributed by atoms with Crippen LogP contribution in [-0.4, -0.2) is 60.4 Å². The highest BCUT2D eigenvalue weighted by atomic mass is 16.1. The Balaban J connectivity index is 0.000000274. The van der Waals surface area contributed by atoms with E-state index in [1.54, 1.807) is 0 Å². The summed E-state index contributed by atoms with van der Waals surface area (Å²) in [5.74, 6) is 1.58. The van der Waals surface area contributed by atoms with E-state index in [0.29, 0.717) is 25.3 Å². The van der Waals surface area contributed by atoms with Gasteiger partial charge in [-0.15, -0.1) is 10.2 Å². The molecule has 0 aliphatic heterocycles. The van der Waals surface area contributed by atoms with Gasteiger partial charge in [0.2, 0.25) is 0 Å². The third-order valence-corrected chi connectivity index (χ3v) is 4.90. The first-order chi connectivity index (χ1) is 14.3. The summed E-state index contributed by atoms with van der Waals surface area (Å²) in [4.78, 5) is 22.9. The average Bonchev–Trinajstić information content (AvgIpc) is 3.04. The Labute approximate surface area is 180 Å². The number of anilines is 1. The maximum Gasteiger partial charge on any atom is 0.140 e. The van der Waals surface area contributed by atoms with Crippen LogP contribution >= 0.6 is 0 Å². The monoisotopic (exact) mass is 415 g/mol. The van der Waals surface area contributed by atoms with Gasteiger partial charge < -0.3 is 24.4 Å². The number of carbonyl (C=O) groups excluding carboxylic acids is 2. The molecule has 7 heteroatoms. The molecular formula is C23H37N5O2. The van der Waals surface area contributed by atoms with Gasteiger partial charge in [-0.05, 0) is 71.4 Å². The van der Waals surface area contributed by atoms with Crippen LogP contribution in [0.1, 0.15) is 54.5 Å². The highest BCUT2D eigenvalue weighted by Gasteiger charge is 2.25. The van der Waals surface area contributed by atoms with Crippen LogP contribution in [0.5, 0.6) is 0 Å². The Morgan fingerprint density at radius 3 is 2.20 bits per heavy atom. The van der Waals surface area contributed by atoms with Crippen LogP contribution in [0.4, 0.5) is 5.69 Å². The number of hydrogen-bond donors (Lipinski definition) is 1. The second-order valence-electron chi connectivity index (χ2n) is 7.90. The molecule has 1 saturated carbocycles. The quantitative estimate of drug-likeness (QED) is 0.698. The van der Waals surface area contributed by atoms with E-state index >= 15 is 0 Å². The van der Waals surface area contributed by atoms with E-state index in [4.69, 9.17) is 0 Å². The smallest absolute Gasteiger partial charge is 0.140 e. The van der Waals surface area contributed by atoms with Crippen LogP contribution in [-0.2, 0) is 22.4 Å². The Kier molecular flexibility index (Phi) is 11.6. The first-order valence-electron chi connectivity index (χ1n) is 10.5. The van der Waals surface area contributed by atoms with Crippen molar-refractivity contribution in [3.8, 4) is 0 Å². The molecule has 0 radical (unpaired) electrons. The van der Waals surface area contributed by atoms with E-state index < -0.39 is 0 Å². The molecule has 0 bridgehead atoms. The number of aryl methyl sites for hydroxylation is 2. The zero-order chi connectivity index (χ0) is 22.5. The topological polar surface area (TPSA) is 80.1 Å². The zero-order valence-corrected chi connectivity index (χ0v) is 19.3. The molecule has 0 amide bonds. The van der Waals surface area contributed by atoms with Crippen LogP contribution in [0.15, 0.2) is 18.2 Å². The minimum absolute atomic E-state index is 0.310. The van der Waals surface area contributed by atoms with Crippen LogP contribution in [0, 0.1) is 13.8 Å². The lowest BCUT2D eigenvalue weighted by atomic mass is 9.92. The zero-order valence-electron chi connectivity index (χ0n) is 19.3. The van der Waals surface area contributed by atoms with Crippen molar-refractivity contribution in [1.29, 1.82) is 0 Å². The molecule has 1 aromatic carbocycles. The molecule has 0 unspecified atom stereocenters. The van der Waals surface area contributed by atoms with Crippen LogP contribution in [0.2, 0.25) is 0 Å². The number of nitrogens with one attached hydrogen (secondary N) is 1. The minimum Gasteiger partial charge on any atom is -0.388 e. The van der Waals surface area contributed by atoms with Crippen molar-refractivity contribution < 1.29 is 9.59 Å². The fraction of sp³-hybridized carbons (Fsp3) is 0.565. The maximum atomic E-state index is 10.5. The van der Waals surface area contributed by atoms with Gasteiger partial charge in [-0.2, -0.15) is 0 Å². The number of rotatable bonds is 7. The second kappa shape index (κ2) is 13.6. The van der Waals surface area contributed by atoms with E-state index in [1.807, 2.05) is 33.1 Å². The van der Waals surface area contributed by atoms with Gasteiger partial charge in [0.15, 0.2) is 0 Å². The number of carbonyl (C=O) groups is 2. The molecule has 2 aromatic rings. The molecule has 1 aromatic heterocycles. The van der Waals surface area contributed by atoms with Gasteiger partial charge in [0.25, 0.3) is 0 Å². The van der Waals surface area contributed by atoms with Gasteiger partial charge in [-0.1, -0.05) is 12.1 Å². The first kappa shape index (κ1) is 25.5. The van der Waals surface area contributed by atoms with Gasteiger partial charge in [0.1, 0.15) is 24.2 Å². The second-order valence-corrected chi connectivity index (χ2v) is 7.90. The molecule has 30 heavy (non-hydrogen) atoms. The predicted molar refractivity (Wildman–Crippen MR) is 122 cm³/mol. The molecule has 0 atom stereocenters. The molecule has 1 N–H and O–H groups in total. The summed E-state index contributed by atoms with van der Waals surface area (Å²) in [6.45, 7) is 4.25. The van der Waals surface area contributed by atoms with E-state index in [-0.39, 0.29) is 0 Å². The fourth-order valence-electron chi connectivity index (χ4n) is 3.02. The average molecular weight is 416 g/mol. The van der Waals surface area contributed by atoms with E-state index in [2.05, 4.69) is 52.1 Å². The van der Waals surface area contributed by atoms with Gasteiger partial charge in [0, 0.05) is 31.6 Å². The molecule has 0 saturated heterocycles. The van der Waals surface area contributed by atoms with Crippen molar-refractivity contribution in [2.75, 3.05) is 33.5 Å². The van der Waals surface area contributed by atoms with E-state index in [1.165, 1.54) is 23.2 Å². The van der Waals surface area contributed by atoms with Crippen LogP contribution in [0.3, 0.4) is 0 Å². The van der Waals surface area contributed by atoms with E-state index in [9.17, 15) is 9.59 Å². The first-order valence-corrected chi connectivity index (χ1v) is 10.5. The molecule has 1 heterocycles. The molecule has 166 valence electrons. The van der Waals surface area contributed by atoms with Crippen LogP contribution in [0.25, 0.3) is 0 Å². The SMILES string of the molecule is CN(C)C.CNc1cccc(C)c1C.O=CCCc1nnc(CC=O)n1C1CCC1. The summed E-state index contributed by atoms with van der Waals surface area (Å²) in [6, 6.07) is 6.71. The third kappa shape index (κ3) is 8.06. The number of hydrogen-bond acceptors (Lipinski definition) is 6. The molecule has 1 fully saturated rings. The lowest BCUT2D eigenvalue weighted by Crippen LogP contribution is -2.21. The number of benzene rings is 1. The summed E-state index contributed by atoms with van der Waals surface area (Å²) in [7, 11) is 7.95. The van der Waals surface area contributed by atoms with Crippen molar-refractivity contribution in [1.82, 2.24) is 19.7 Å². The lowest BCUT2D eigenvalue weighted by molar-refractivity contribution is -0.108. The Hall–Kier alpha value is -2.54. The van der Waals surface area contributed by atoms with Crippen molar-refractivity contribution >= 4 is 18.3 Å². The lowest BCUT2D eigenvalue weighted by Gasteiger charge is -2.29. The third-order valence-electron chi connectivity index (χ3n) is 4.90. The van der Waals surface area contributed by atoms with Crippen molar-refractivity contribution in [2.45, 2.75) is 58.4 Å². The van der Waals surface area contributed by atoms with Gasteiger partial charge in [-0.25, -0.2) is 0 Å². The molecular weight excluding hydrogens is 378 g/mol. The fourth-order valence-corrected chi connectivity index (χ4v) is 3.02.